The van der Waals surface area contributed by atoms with Crippen LogP contribution in [0.4, 0.5) is 0 Å². The van der Waals surface area contributed by atoms with E-state index in [4.69, 9.17) is 11.6 Å². The van der Waals surface area contributed by atoms with Gasteiger partial charge >= 0.3 is 0 Å². The van der Waals surface area contributed by atoms with Crippen molar-refractivity contribution < 1.29 is 9.59 Å². The van der Waals surface area contributed by atoms with Crippen LogP contribution >= 0.6 is 22.9 Å². The molecule has 2 heterocycles. The molecule has 2 unspecified atom stereocenters. The standard InChI is InChI=1S/C14H19ClN2O2S/c1-3-4-10-7-17(8-11(10)16-9(2)18)14(19)12-5-6-13(15)20-12/h5-6,10-11H,3-4,7-8H2,1-2H3,(H,16,18). The fourth-order valence-corrected chi connectivity index (χ4v) is 3.72. The average molecular weight is 315 g/mol. The molecule has 4 nitrogen and oxygen atoms in total. The highest BCUT2D eigenvalue weighted by molar-refractivity contribution is 7.17. The number of likely N-dealkylation sites (tertiary alicyclic amines) is 1. The molecule has 0 aliphatic carbocycles. The molecule has 2 amide bonds. The lowest BCUT2D eigenvalue weighted by molar-refractivity contribution is -0.119. The lowest BCUT2D eigenvalue weighted by Crippen LogP contribution is -2.39. The minimum atomic E-state index is -0.0374. The lowest BCUT2D eigenvalue weighted by atomic mass is 9.98. The number of nitrogens with zero attached hydrogens (tertiary/aromatic N) is 1. The average Bonchev–Trinajstić information content (AvgIpc) is 2.96. The Hall–Kier alpha value is -1.07. The van der Waals surface area contributed by atoms with Crippen molar-refractivity contribution in [1.29, 1.82) is 0 Å². The molecule has 1 aromatic rings. The van der Waals surface area contributed by atoms with Gasteiger partial charge in [-0.1, -0.05) is 24.9 Å². The van der Waals surface area contributed by atoms with E-state index in [1.54, 1.807) is 12.1 Å². The molecule has 2 rings (SSSR count). The molecular weight excluding hydrogens is 296 g/mol. The predicted octanol–water partition coefficient (Wildman–Crippen LogP) is 2.78. The Morgan fingerprint density at radius 3 is 2.75 bits per heavy atom. The number of hydrogen-bond acceptors (Lipinski definition) is 3. The molecule has 6 heteroatoms. The molecule has 0 aromatic carbocycles. The fraction of sp³-hybridized carbons (Fsp3) is 0.571. The molecule has 1 aromatic heterocycles. The van der Waals surface area contributed by atoms with Crippen molar-refractivity contribution in [2.24, 2.45) is 5.92 Å². The maximum absolute atomic E-state index is 12.4. The zero-order chi connectivity index (χ0) is 14.7. The summed E-state index contributed by atoms with van der Waals surface area (Å²) in [6, 6.07) is 3.56. The number of rotatable bonds is 4. The van der Waals surface area contributed by atoms with Crippen LogP contribution in [-0.2, 0) is 4.79 Å². The van der Waals surface area contributed by atoms with Crippen molar-refractivity contribution in [3.05, 3.63) is 21.3 Å². The zero-order valence-electron chi connectivity index (χ0n) is 11.7. The number of hydrogen-bond donors (Lipinski definition) is 1. The number of carbonyl (C=O) groups excluding carboxylic acids is 2. The van der Waals surface area contributed by atoms with Crippen LogP contribution in [0.1, 0.15) is 36.4 Å². The molecule has 0 spiro atoms. The minimum Gasteiger partial charge on any atom is -0.351 e. The van der Waals surface area contributed by atoms with Crippen molar-refractivity contribution in [1.82, 2.24) is 10.2 Å². The second kappa shape index (κ2) is 6.59. The summed E-state index contributed by atoms with van der Waals surface area (Å²) in [5, 5.41) is 2.96. The molecular formula is C14H19ClN2O2S. The third-order valence-electron chi connectivity index (χ3n) is 3.56. The smallest absolute Gasteiger partial charge is 0.264 e. The zero-order valence-corrected chi connectivity index (χ0v) is 13.3. The quantitative estimate of drug-likeness (QED) is 0.929. The Morgan fingerprint density at radius 2 is 2.20 bits per heavy atom. The van der Waals surface area contributed by atoms with Crippen molar-refractivity contribution in [2.75, 3.05) is 13.1 Å². The van der Waals surface area contributed by atoms with E-state index in [1.807, 2.05) is 4.90 Å². The van der Waals surface area contributed by atoms with Crippen molar-refractivity contribution in [3.8, 4) is 0 Å². The van der Waals surface area contributed by atoms with Gasteiger partial charge < -0.3 is 10.2 Å². The molecule has 1 saturated heterocycles. The van der Waals surface area contributed by atoms with Crippen molar-refractivity contribution >= 4 is 34.8 Å². The van der Waals surface area contributed by atoms with Gasteiger partial charge in [-0.15, -0.1) is 11.3 Å². The van der Waals surface area contributed by atoms with Crippen LogP contribution < -0.4 is 5.32 Å². The highest BCUT2D eigenvalue weighted by Crippen LogP contribution is 2.27. The van der Waals surface area contributed by atoms with Crippen LogP contribution in [0.15, 0.2) is 12.1 Å². The molecule has 0 bridgehead atoms. The molecule has 1 aliphatic rings. The second-order valence-corrected chi connectivity index (χ2v) is 6.88. The number of amides is 2. The van der Waals surface area contributed by atoms with Gasteiger partial charge in [-0.05, 0) is 24.5 Å². The van der Waals surface area contributed by atoms with Gasteiger partial charge in [-0.25, -0.2) is 0 Å². The van der Waals surface area contributed by atoms with Gasteiger partial charge in [0.1, 0.15) is 0 Å². The number of nitrogens with one attached hydrogen (secondary N) is 1. The van der Waals surface area contributed by atoms with E-state index in [0.717, 1.165) is 12.8 Å². The van der Waals surface area contributed by atoms with Crippen LogP contribution in [0.3, 0.4) is 0 Å². The maximum atomic E-state index is 12.4. The molecule has 1 fully saturated rings. The lowest BCUT2D eigenvalue weighted by Gasteiger charge is -2.17. The first-order valence-corrected chi connectivity index (χ1v) is 8.02. The summed E-state index contributed by atoms with van der Waals surface area (Å²) >= 11 is 7.18. The van der Waals surface area contributed by atoms with Gasteiger partial charge in [0.25, 0.3) is 5.91 Å². The van der Waals surface area contributed by atoms with Crippen LogP contribution in [0, 0.1) is 5.92 Å². The maximum Gasteiger partial charge on any atom is 0.264 e. The topological polar surface area (TPSA) is 49.4 Å². The minimum absolute atomic E-state index is 0.0101. The van der Waals surface area contributed by atoms with Crippen molar-refractivity contribution in [3.63, 3.8) is 0 Å². The van der Waals surface area contributed by atoms with E-state index in [1.165, 1.54) is 18.3 Å². The Kier molecular flexibility index (Phi) is 5.05. The van der Waals surface area contributed by atoms with E-state index in [0.29, 0.717) is 28.2 Å². The summed E-state index contributed by atoms with van der Waals surface area (Å²) in [5.74, 6) is 0.309. The highest BCUT2D eigenvalue weighted by Gasteiger charge is 2.35. The largest absolute Gasteiger partial charge is 0.351 e. The molecule has 1 N–H and O–H groups in total. The third kappa shape index (κ3) is 3.52. The Bertz CT molecular complexity index is 503. The first-order chi connectivity index (χ1) is 9.51. The van der Waals surface area contributed by atoms with E-state index in [2.05, 4.69) is 12.2 Å². The van der Waals surface area contributed by atoms with Gasteiger partial charge in [-0.2, -0.15) is 0 Å². The molecule has 20 heavy (non-hydrogen) atoms. The molecule has 110 valence electrons. The Labute approximate surface area is 128 Å². The summed E-state index contributed by atoms with van der Waals surface area (Å²) in [6.45, 7) is 4.92. The summed E-state index contributed by atoms with van der Waals surface area (Å²) in [4.78, 5) is 26.2. The second-order valence-electron chi connectivity index (χ2n) is 5.17. The van der Waals surface area contributed by atoms with E-state index < -0.39 is 0 Å². The summed E-state index contributed by atoms with van der Waals surface area (Å²) in [5.41, 5.74) is 0. The molecule has 0 radical (unpaired) electrons. The SMILES string of the molecule is CCCC1CN(C(=O)c2ccc(Cl)s2)CC1NC(C)=O. The normalized spacial score (nSPS) is 22.1. The third-order valence-corrected chi connectivity index (χ3v) is 4.78. The Morgan fingerprint density at radius 1 is 1.45 bits per heavy atom. The predicted molar refractivity (Wildman–Crippen MR) is 81.2 cm³/mol. The van der Waals surface area contributed by atoms with Gasteiger partial charge in [0.15, 0.2) is 0 Å². The summed E-state index contributed by atoms with van der Waals surface area (Å²) in [6.07, 6.45) is 2.06. The molecule has 1 aliphatic heterocycles. The van der Waals surface area contributed by atoms with E-state index >= 15 is 0 Å². The van der Waals surface area contributed by atoms with Gasteiger partial charge in [-0.3, -0.25) is 9.59 Å². The van der Waals surface area contributed by atoms with Crippen LogP contribution in [-0.4, -0.2) is 35.8 Å². The van der Waals surface area contributed by atoms with Gasteiger partial charge in [0.2, 0.25) is 5.91 Å². The summed E-state index contributed by atoms with van der Waals surface area (Å²) in [7, 11) is 0. The number of halogens is 1. The Balaban J connectivity index is 2.06. The van der Waals surface area contributed by atoms with Crippen LogP contribution in [0.2, 0.25) is 4.34 Å². The van der Waals surface area contributed by atoms with Gasteiger partial charge in [0.05, 0.1) is 15.3 Å². The summed E-state index contributed by atoms with van der Waals surface area (Å²) < 4.78 is 0.621. The van der Waals surface area contributed by atoms with E-state index in [-0.39, 0.29) is 17.9 Å². The monoisotopic (exact) mass is 314 g/mol. The first-order valence-electron chi connectivity index (χ1n) is 6.83. The van der Waals surface area contributed by atoms with Crippen LogP contribution in [0.25, 0.3) is 0 Å². The van der Waals surface area contributed by atoms with Crippen molar-refractivity contribution in [2.45, 2.75) is 32.7 Å². The molecule has 0 saturated carbocycles. The fourth-order valence-electron chi connectivity index (χ4n) is 2.71. The van der Waals surface area contributed by atoms with Crippen LogP contribution in [0.5, 0.6) is 0 Å². The molecule has 2 atom stereocenters. The first kappa shape index (κ1) is 15.3. The highest BCUT2D eigenvalue weighted by atomic mass is 35.5. The van der Waals surface area contributed by atoms with E-state index in [9.17, 15) is 9.59 Å². The number of carbonyl (C=O) groups is 2. The number of thiophene rings is 1. The van der Waals surface area contributed by atoms with Gasteiger partial charge in [0, 0.05) is 20.0 Å².